The Morgan fingerprint density at radius 3 is 2.64 bits per heavy atom. The number of hydrogen-bond donors (Lipinski definition) is 2. The normalized spacial score (nSPS) is 10.5. The van der Waals surface area contributed by atoms with Crippen LogP contribution in [0.25, 0.3) is 11.2 Å². The van der Waals surface area contributed by atoms with Crippen molar-refractivity contribution in [2.75, 3.05) is 19.5 Å². The van der Waals surface area contributed by atoms with Gasteiger partial charge in [0, 0.05) is 0 Å². The molecule has 3 rings (SSSR count). The summed E-state index contributed by atoms with van der Waals surface area (Å²) >= 11 is 0. The molecule has 2 aromatic heterocycles. The van der Waals surface area contributed by atoms with E-state index in [1.54, 1.807) is 18.2 Å². The van der Waals surface area contributed by atoms with Gasteiger partial charge in [-0.2, -0.15) is 0 Å². The molecule has 0 aliphatic rings. The quantitative estimate of drug-likeness (QED) is 0.620. The molecule has 2 heterocycles. The Kier molecular flexibility index (Phi) is 5.53. The van der Waals surface area contributed by atoms with Crippen LogP contribution in [0.2, 0.25) is 0 Å². The number of nitrogens with one attached hydrogen (secondary N) is 1. The summed E-state index contributed by atoms with van der Waals surface area (Å²) in [6, 6.07) is 5.14. The second-order valence-corrected chi connectivity index (χ2v) is 5.55. The summed E-state index contributed by atoms with van der Waals surface area (Å²) in [5.41, 5.74) is 1.24. The number of methoxy groups -OCH3 is 2. The van der Waals surface area contributed by atoms with Crippen LogP contribution in [0.15, 0.2) is 30.9 Å². The van der Waals surface area contributed by atoms with Crippen LogP contribution in [-0.2, 0) is 22.7 Å². The van der Waals surface area contributed by atoms with Crippen LogP contribution < -0.4 is 14.8 Å². The molecule has 11 heteroatoms. The van der Waals surface area contributed by atoms with E-state index in [-0.39, 0.29) is 30.1 Å². The lowest BCUT2D eigenvalue weighted by Crippen LogP contribution is -2.15. The van der Waals surface area contributed by atoms with E-state index >= 15 is 0 Å². The Balaban J connectivity index is 1.68. The number of carbonyl (C=O) groups is 2. The Hall–Kier alpha value is -3.89. The fourth-order valence-electron chi connectivity index (χ4n) is 2.49. The number of nitrogens with zero attached hydrogens (tertiary/aromatic N) is 4. The summed E-state index contributed by atoms with van der Waals surface area (Å²) < 4.78 is 16.9. The van der Waals surface area contributed by atoms with Gasteiger partial charge in [-0.3, -0.25) is 10.1 Å². The van der Waals surface area contributed by atoms with E-state index in [2.05, 4.69) is 20.3 Å². The molecular weight excluding hydrogens is 370 g/mol. The first-order valence-corrected chi connectivity index (χ1v) is 8.04. The maximum atomic E-state index is 12.1. The number of anilines is 1. The van der Waals surface area contributed by atoms with Crippen LogP contribution in [0.4, 0.5) is 10.6 Å². The van der Waals surface area contributed by atoms with Crippen LogP contribution in [0.5, 0.6) is 11.5 Å². The second-order valence-electron chi connectivity index (χ2n) is 5.55. The molecule has 0 radical (unpaired) electrons. The van der Waals surface area contributed by atoms with Gasteiger partial charge in [0.1, 0.15) is 19.5 Å². The number of aromatic nitrogens is 4. The highest BCUT2D eigenvalue weighted by molar-refractivity contribution is 5.93. The standard InChI is InChI=1S/C17H17N5O6/c1-26-11-4-3-10(5-12(11)27-2)7-28-17(25)21-15-14-16(19-8-18-15)22(9-20-14)6-13(23)24/h3-5,8-9H,6-7H2,1-2H3,(H,23,24)(H,18,19,21,25). The second kappa shape index (κ2) is 8.20. The first-order valence-electron chi connectivity index (χ1n) is 8.04. The van der Waals surface area contributed by atoms with Crippen LogP contribution in [-0.4, -0.2) is 50.9 Å². The summed E-state index contributed by atoms with van der Waals surface area (Å²) in [4.78, 5) is 35.0. The fourth-order valence-corrected chi connectivity index (χ4v) is 2.49. The molecular formula is C17H17N5O6. The number of hydrogen-bond acceptors (Lipinski definition) is 8. The van der Waals surface area contributed by atoms with Gasteiger partial charge in [0.05, 0.1) is 20.5 Å². The largest absolute Gasteiger partial charge is 0.493 e. The van der Waals surface area contributed by atoms with Crippen molar-refractivity contribution >= 4 is 29.0 Å². The van der Waals surface area contributed by atoms with Gasteiger partial charge in [-0.1, -0.05) is 6.07 Å². The molecule has 3 aromatic rings. The Morgan fingerprint density at radius 1 is 1.14 bits per heavy atom. The number of carboxylic acids is 1. The first kappa shape index (κ1) is 18.9. The monoisotopic (exact) mass is 387 g/mol. The molecule has 0 spiro atoms. The number of fused-ring (bicyclic) bond motifs is 1. The molecule has 28 heavy (non-hydrogen) atoms. The number of imidazole rings is 1. The topological polar surface area (TPSA) is 138 Å². The van der Waals surface area contributed by atoms with Crippen molar-refractivity contribution in [1.82, 2.24) is 19.5 Å². The van der Waals surface area contributed by atoms with Crippen LogP contribution in [0.1, 0.15) is 5.56 Å². The van der Waals surface area contributed by atoms with Gasteiger partial charge in [0.15, 0.2) is 28.5 Å². The van der Waals surface area contributed by atoms with E-state index < -0.39 is 12.1 Å². The third-order valence-electron chi connectivity index (χ3n) is 3.75. The van der Waals surface area contributed by atoms with Crippen molar-refractivity contribution < 1.29 is 28.9 Å². The summed E-state index contributed by atoms with van der Waals surface area (Å²) in [7, 11) is 3.04. The Labute approximate surface area is 158 Å². The smallest absolute Gasteiger partial charge is 0.413 e. The zero-order valence-electron chi connectivity index (χ0n) is 15.1. The molecule has 11 nitrogen and oxygen atoms in total. The van der Waals surface area contributed by atoms with Crippen LogP contribution in [0.3, 0.4) is 0 Å². The van der Waals surface area contributed by atoms with Gasteiger partial charge in [-0.25, -0.2) is 19.7 Å². The molecule has 0 atom stereocenters. The fraction of sp³-hybridized carbons (Fsp3) is 0.235. The first-order chi connectivity index (χ1) is 13.5. The molecule has 0 aliphatic carbocycles. The molecule has 0 saturated heterocycles. The minimum absolute atomic E-state index is 0.00608. The van der Waals surface area contributed by atoms with E-state index in [0.29, 0.717) is 17.1 Å². The minimum Gasteiger partial charge on any atom is -0.493 e. The number of ether oxygens (including phenoxy) is 3. The number of rotatable bonds is 7. The lowest BCUT2D eigenvalue weighted by Gasteiger charge is -2.10. The highest BCUT2D eigenvalue weighted by atomic mass is 16.5. The molecule has 0 bridgehead atoms. The van der Waals surface area contributed by atoms with Crippen molar-refractivity contribution in [1.29, 1.82) is 0 Å². The van der Waals surface area contributed by atoms with E-state index in [9.17, 15) is 9.59 Å². The van der Waals surface area contributed by atoms with Crippen LogP contribution >= 0.6 is 0 Å². The van der Waals surface area contributed by atoms with Crippen molar-refractivity contribution in [2.24, 2.45) is 0 Å². The maximum Gasteiger partial charge on any atom is 0.413 e. The number of benzene rings is 1. The maximum absolute atomic E-state index is 12.1. The molecule has 0 saturated carbocycles. The predicted octanol–water partition coefficient (Wildman–Crippen LogP) is 1.68. The third-order valence-corrected chi connectivity index (χ3v) is 3.75. The average molecular weight is 387 g/mol. The molecule has 1 amide bonds. The third kappa shape index (κ3) is 4.09. The molecule has 1 aromatic carbocycles. The Morgan fingerprint density at radius 2 is 1.93 bits per heavy atom. The lowest BCUT2D eigenvalue weighted by atomic mass is 10.2. The van der Waals surface area contributed by atoms with Crippen molar-refractivity contribution in [3.05, 3.63) is 36.4 Å². The summed E-state index contributed by atoms with van der Waals surface area (Å²) in [6.07, 6.45) is 1.77. The summed E-state index contributed by atoms with van der Waals surface area (Å²) in [5, 5.41) is 11.4. The zero-order chi connectivity index (χ0) is 20.1. The zero-order valence-corrected chi connectivity index (χ0v) is 15.1. The lowest BCUT2D eigenvalue weighted by molar-refractivity contribution is -0.137. The molecule has 2 N–H and O–H groups in total. The van der Waals surface area contributed by atoms with Gasteiger partial charge in [-0.05, 0) is 17.7 Å². The highest BCUT2D eigenvalue weighted by Gasteiger charge is 2.15. The molecule has 0 unspecified atom stereocenters. The van der Waals surface area contributed by atoms with Gasteiger partial charge < -0.3 is 23.9 Å². The van der Waals surface area contributed by atoms with Crippen molar-refractivity contribution in [3.63, 3.8) is 0 Å². The predicted molar refractivity (Wildman–Crippen MR) is 96.3 cm³/mol. The number of aliphatic carboxylic acids is 1. The Bertz CT molecular complexity index is 1020. The minimum atomic E-state index is -1.04. The highest BCUT2D eigenvalue weighted by Crippen LogP contribution is 2.27. The number of amides is 1. The molecule has 146 valence electrons. The number of carbonyl (C=O) groups excluding carboxylic acids is 1. The SMILES string of the molecule is COc1ccc(COC(=O)Nc2ncnc3c2ncn3CC(=O)O)cc1OC. The average Bonchev–Trinajstić information content (AvgIpc) is 3.09. The molecule has 0 fully saturated rings. The van der Waals surface area contributed by atoms with E-state index in [4.69, 9.17) is 19.3 Å². The van der Waals surface area contributed by atoms with Crippen molar-refractivity contribution in [3.8, 4) is 11.5 Å². The number of carboxylic acid groups (broad SMARTS) is 1. The van der Waals surface area contributed by atoms with Gasteiger partial charge in [0.2, 0.25) is 0 Å². The van der Waals surface area contributed by atoms with E-state index in [1.165, 1.54) is 31.4 Å². The van der Waals surface area contributed by atoms with E-state index in [0.717, 1.165) is 0 Å². The summed E-state index contributed by atoms with van der Waals surface area (Å²) in [6.45, 7) is -0.315. The molecule has 0 aliphatic heterocycles. The van der Waals surface area contributed by atoms with Gasteiger partial charge in [-0.15, -0.1) is 0 Å². The van der Waals surface area contributed by atoms with Crippen molar-refractivity contribution in [2.45, 2.75) is 13.2 Å². The summed E-state index contributed by atoms with van der Waals surface area (Å²) in [5.74, 6) is 0.162. The van der Waals surface area contributed by atoms with E-state index in [1.807, 2.05) is 0 Å². The van der Waals surface area contributed by atoms with Crippen LogP contribution in [0, 0.1) is 0 Å². The van der Waals surface area contributed by atoms with Gasteiger partial charge in [0.25, 0.3) is 0 Å². The van der Waals surface area contributed by atoms with Gasteiger partial charge >= 0.3 is 12.1 Å².